The fourth-order valence-electron chi connectivity index (χ4n) is 2.43. The molecule has 0 fully saturated rings. The van der Waals surface area contributed by atoms with Crippen LogP contribution in [0.5, 0.6) is 5.75 Å². The maximum absolute atomic E-state index is 9.37. The number of rotatable bonds is 3. The zero-order valence-electron chi connectivity index (χ0n) is 11.7. The van der Waals surface area contributed by atoms with Gasteiger partial charge in [-0.15, -0.1) is 0 Å². The Hall–Kier alpha value is -2.66. The number of benzene rings is 1. The number of fused-ring (bicyclic) bond motifs is 1. The Morgan fingerprint density at radius 1 is 1.05 bits per heavy atom. The van der Waals surface area contributed by atoms with Crippen molar-refractivity contribution in [2.24, 2.45) is 0 Å². The van der Waals surface area contributed by atoms with Gasteiger partial charge in [-0.3, -0.25) is 0 Å². The molecule has 1 N–H and O–H groups in total. The van der Waals surface area contributed by atoms with E-state index in [9.17, 15) is 5.11 Å². The van der Waals surface area contributed by atoms with Crippen molar-refractivity contribution < 1.29 is 5.11 Å². The molecule has 0 saturated heterocycles. The minimum absolute atomic E-state index is 0.278. The largest absolute Gasteiger partial charge is 0.508 e. The summed E-state index contributed by atoms with van der Waals surface area (Å²) in [6.07, 6.45) is 2.58. The van der Waals surface area contributed by atoms with E-state index in [-0.39, 0.29) is 5.75 Å². The van der Waals surface area contributed by atoms with E-state index in [2.05, 4.69) is 16.4 Å². The van der Waals surface area contributed by atoms with Crippen LogP contribution in [0.25, 0.3) is 16.9 Å². The van der Waals surface area contributed by atoms with Crippen molar-refractivity contribution >= 4 is 17.0 Å². The molecule has 0 amide bonds. The Morgan fingerprint density at radius 3 is 2.68 bits per heavy atom. The van der Waals surface area contributed by atoms with Crippen molar-refractivity contribution in [3.63, 3.8) is 0 Å². The zero-order valence-corrected chi connectivity index (χ0v) is 12.5. The molecule has 4 aromatic rings. The smallest absolute Gasteiger partial charge is 0.153 e. The summed E-state index contributed by atoms with van der Waals surface area (Å²) in [6, 6.07) is 13.3. The van der Waals surface area contributed by atoms with E-state index in [1.807, 2.05) is 40.4 Å². The lowest BCUT2D eigenvalue weighted by Crippen LogP contribution is -2.00. The predicted molar refractivity (Wildman–Crippen MR) is 87.2 cm³/mol. The third-order valence-electron chi connectivity index (χ3n) is 3.57. The van der Waals surface area contributed by atoms with Crippen LogP contribution in [0.3, 0.4) is 0 Å². The molecule has 0 aliphatic rings. The first kappa shape index (κ1) is 13.0. The van der Waals surface area contributed by atoms with Crippen molar-refractivity contribution in [1.82, 2.24) is 14.6 Å². The SMILES string of the molecule is Oc1ccc(Cc2cnc3ccc(-c4ccsc4)nn23)cc1. The molecule has 4 nitrogen and oxygen atoms in total. The van der Waals surface area contributed by atoms with Crippen LogP contribution < -0.4 is 0 Å². The predicted octanol–water partition coefficient (Wildman–Crippen LogP) is 3.75. The second kappa shape index (κ2) is 5.27. The van der Waals surface area contributed by atoms with Gasteiger partial charge in [0.2, 0.25) is 0 Å². The summed E-state index contributed by atoms with van der Waals surface area (Å²) in [6.45, 7) is 0. The summed E-state index contributed by atoms with van der Waals surface area (Å²) in [5, 5.41) is 18.2. The number of hydrogen-bond acceptors (Lipinski definition) is 4. The Balaban J connectivity index is 1.74. The topological polar surface area (TPSA) is 50.4 Å². The molecule has 0 aliphatic carbocycles. The number of phenols is 1. The van der Waals surface area contributed by atoms with Gasteiger partial charge in [0.1, 0.15) is 5.75 Å². The highest BCUT2D eigenvalue weighted by atomic mass is 32.1. The Bertz CT molecular complexity index is 911. The van der Waals surface area contributed by atoms with Gasteiger partial charge in [0.15, 0.2) is 5.65 Å². The highest BCUT2D eigenvalue weighted by molar-refractivity contribution is 7.08. The molecule has 0 atom stereocenters. The monoisotopic (exact) mass is 307 g/mol. The summed E-state index contributed by atoms with van der Waals surface area (Å²) in [5.41, 5.74) is 5.04. The highest BCUT2D eigenvalue weighted by Crippen LogP contribution is 2.21. The van der Waals surface area contributed by atoms with E-state index in [0.29, 0.717) is 0 Å². The van der Waals surface area contributed by atoms with Crippen LogP contribution >= 0.6 is 11.3 Å². The molecule has 0 aliphatic heterocycles. The summed E-state index contributed by atoms with van der Waals surface area (Å²) < 4.78 is 1.89. The minimum atomic E-state index is 0.278. The first-order valence-electron chi connectivity index (χ1n) is 6.94. The maximum Gasteiger partial charge on any atom is 0.153 e. The fraction of sp³-hybridized carbons (Fsp3) is 0.0588. The average molecular weight is 307 g/mol. The summed E-state index contributed by atoms with van der Waals surface area (Å²) >= 11 is 1.66. The normalized spacial score (nSPS) is 11.1. The van der Waals surface area contributed by atoms with Crippen molar-refractivity contribution in [3.05, 3.63) is 70.7 Å². The molecule has 0 radical (unpaired) electrons. The molecule has 4 rings (SSSR count). The van der Waals surface area contributed by atoms with Crippen molar-refractivity contribution in [2.75, 3.05) is 0 Å². The first-order chi connectivity index (χ1) is 10.8. The first-order valence-corrected chi connectivity index (χ1v) is 7.88. The number of phenolic OH excluding ortho intramolecular Hbond substituents is 1. The van der Waals surface area contributed by atoms with Crippen LogP contribution in [0.15, 0.2) is 59.4 Å². The highest BCUT2D eigenvalue weighted by Gasteiger charge is 2.08. The average Bonchev–Trinajstić information content (AvgIpc) is 3.19. The quantitative estimate of drug-likeness (QED) is 0.627. The molecule has 3 heterocycles. The third-order valence-corrected chi connectivity index (χ3v) is 4.25. The minimum Gasteiger partial charge on any atom is -0.508 e. The lowest BCUT2D eigenvalue weighted by Gasteiger charge is -2.04. The van der Waals surface area contributed by atoms with Gasteiger partial charge < -0.3 is 5.11 Å². The standard InChI is InChI=1S/C17H13N3OS/c21-15-3-1-12(2-4-15)9-14-10-18-17-6-5-16(19-20(14)17)13-7-8-22-11-13/h1-8,10-11,21H,9H2. The van der Waals surface area contributed by atoms with Gasteiger partial charge >= 0.3 is 0 Å². The molecule has 5 heteroatoms. The lowest BCUT2D eigenvalue weighted by atomic mass is 10.1. The van der Waals surface area contributed by atoms with E-state index in [4.69, 9.17) is 5.10 Å². The molecule has 3 aromatic heterocycles. The van der Waals surface area contributed by atoms with Crippen LogP contribution in [-0.2, 0) is 6.42 Å². The molecule has 0 unspecified atom stereocenters. The van der Waals surface area contributed by atoms with Gasteiger partial charge in [-0.25, -0.2) is 9.50 Å². The molecule has 1 aromatic carbocycles. The summed E-state index contributed by atoms with van der Waals surface area (Å²) in [5.74, 6) is 0.278. The summed E-state index contributed by atoms with van der Waals surface area (Å²) in [4.78, 5) is 4.41. The number of nitrogens with zero attached hydrogens (tertiary/aromatic N) is 3. The Kier molecular flexibility index (Phi) is 3.12. The molecule has 0 spiro atoms. The molecule has 22 heavy (non-hydrogen) atoms. The van der Waals surface area contributed by atoms with Crippen molar-refractivity contribution in [2.45, 2.75) is 6.42 Å². The third kappa shape index (κ3) is 2.35. The van der Waals surface area contributed by atoms with Crippen LogP contribution in [-0.4, -0.2) is 19.7 Å². The maximum atomic E-state index is 9.37. The van der Waals surface area contributed by atoms with E-state index in [1.165, 1.54) is 0 Å². The molecular weight excluding hydrogens is 294 g/mol. The van der Waals surface area contributed by atoms with Crippen LogP contribution in [0, 0.1) is 0 Å². The lowest BCUT2D eigenvalue weighted by molar-refractivity contribution is 0.475. The Labute approximate surface area is 131 Å². The molecule has 0 saturated carbocycles. The van der Waals surface area contributed by atoms with E-state index in [0.717, 1.165) is 34.6 Å². The van der Waals surface area contributed by atoms with Crippen molar-refractivity contribution in [3.8, 4) is 17.0 Å². The second-order valence-corrected chi connectivity index (χ2v) is 5.87. The van der Waals surface area contributed by atoms with Crippen LogP contribution in [0.4, 0.5) is 0 Å². The fourth-order valence-corrected chi connectivity index (χ4v) is 3.08. The van der Waals surface area contributed by atoms with Crippen molar-refractivity contribution in [1.29, 1.82) is 0 Å². The van der Waals surface area contributed by atoms with Gasteiger partial charge in [0.25, 0.3) is 0 Å². The van der Waals surface area contributed by atoms with Gasteiger partial charge in [-0.1, -0.05) is 12.1 Å². The van der Waals surface area contributed by atoms with Gasteiger partial charge in [-0.05, 0) is 41.3 Å². The van der Waals surface area contributed by atoms with E-state index >= 15 is 0 Å². The van der Waals surface area contributed by atoms with E-state index < -0.39 is 0 Å². The second-order valence-electron chi connectivity index (χ2n) is 5.09. The number of aromatic hydroxyl groups is 1. The molecular formula is C17H13N3OS. The van der Waals surface area contributed by atoms with Gasteiger partial charge in [0, 0.05) is 17.4 Å². The molecule has 108 valence electrons. The van der Waals surface area contributed by atoms with Gasteiger partial charge in [0.05, 0.1) is 17.6 Å². The zero-order chi connectivity index (χ0) is 14.9. The Morgan fingerprint density at radius 2 is 1.91 bits per heavy atom. The summed E-state index contributed by atoms with van der Waals surface area (Å²) in [7, 11) is 0. The van der Waals surface area contributed by atoms with Crippen LogP contribution in [0.2, 0.25) is 0 Å². The van der Waals surface area contributed by atoms with Crippen LogP contribution in [0.1, 0.15) is 11.3 Å². The number of imidazole rings is 1. The number of hydrogen-bond donors (Lipinski definition) is 1. The number of aromatic nitrogens is 3. The van der Waals surface area contributed by atoms with E-state index in [1.54, 1.807) is 23.5 Å². The number of thiophene rings is 1. The van der Waals surface area contributed by atoms with Gasteiger partial charge in [-0.2, -0.15) is 16.4 Å². The molecule has 0 bridgehead atoms.